The Hall–Kier alpha value is -2.42. The molecule has 3 aromatic rings. The minimum Gasteiger partial charge on any atom is -0.387 e. The fourth-order valence-electron chi connectivity index (χ4n) is 1.61. The second-order valence-electron chi connectivity index (χ2n) is 3.58. The Labute approximate surface area is 106 Å². The van der Waals surface area contributed by atoms with Crippen molar-refractivity contribution in [1.29, 1.82) is 0 Å². The molecular weight excluding hydrogens is 252 g/mol. The number of aromatic nitrogens is 7. The fraction of sp³-hybridized carbons (Fsp3) is 0.111. The number of hydrogen-bond acceptors (Lipinski definition) is 6. The summed E-state index contributed by atoms with van der Waals surface area (Å²) in [6, 6.07) is 0. The van der Waals surface area contributed by atoms with Crippen LogP contribution in [0.2, 0.25) is 0 Å². The highest BCUT2D eigenvalue weighted by atomic mass is 32.1. The topological polar surface area (TPSA) is 100 Å². The third kappa shape index (κ3) is 1.52. The van der Waals surface area contributed by atoms with Gasteiger partial charge in [0.2, 0.25) is 5.82 Å². The zero-order valence-corrected chi connectivity index (χ0v) is 10.2. The Bertz CT molecular complexity index is 742. The molecule has 0 bridgehead atoms. The first-order chi connectivity index (χ1) is 8.66. The maximum atomic E-state index is 5.47. The van der Waals surface area contributed by atoms with Crippen molar-refractivity contribution in [2.45, 2.75) is 0 Å². The van der Waals surface area contributed by atoms with Crippen LogP contribution in [0.1, 0.15) is 5.82 Å². The molecule has 3 heterocycles. The average molecular weight is 260 g/mol. The van der Waals surface area contributed by atoms with E-state index in [-0.39, 0.29) is 4.99 Å². The van der Waals surface area contributed by atoms with Gasteiger partial charge in [0.25, 0.3) is 0 Å². The molecule has 0 saturated heterocycles. The van der Waals surface area contributed by atoms with Gasteiger partial charge in [-0.15, -0.1) is 5.10 Å². The highest BCUT2D eigenvalue weighted by Gasteiger charge is 2.12. The molecule has 9 heteroatoms. The van der Waals surface area contributed by atoms with E-state index < -0.39 is 0 Å². The second kappa shape index (κ2) is 3.81. The predicted octanol–water partition coefficient (Wildman–Crippen LogP) is -0.422. The van der Waals surface area contributed by atoms with Crippen LogP contribution < -0.4 is 5.73 Å². The van der Waals surface area contributed by atoms with Crippen molar-refractivity contribution in [2.24, 2.45) is 12.8 Å². The van der Waals surface area contributed by atoms with E-state index in [1.54, 1.807) is 17.9 Å². The lowest BCUT2D eigenvalue weighted by atomic mass is 10.4. The Morgan fingerprint density at radius 1 is 1.33 bits per heavy atom. The minimum atomic E-state index is 0.144. The summed E-state index contributed by atoms with van der Waals surface area (Å²) in [4.78, 5) is 12.5. The molecule has 0 atom stereocenters. The maximum absolute atomic E-state index is 5.47. The molecule has 0 aromatic carbocycles. The smallest absolute Gasteiger partial charge is 0.208 e. The molecule has 0 aliphatic heterocycles. The van der Waals surface area contributed by atoms with Crippen LogP contribution in [0.15, 0.2) is 18.9 Å². The Morgan fingerprint density at radius 2 is 2.17 bits per heavy atom. The van der Waals surface area contributed by atoms with Crippen LogP contribution in [0.4, 0.5) is 0 Å². The van der Waals surface area contributed by atoms with Crippen molar-refractivity contribution >= 4 is 28.2 Å². The van der Waals surface area contributed by atoms with Gasteiger partial charge < -0.3 is 5.73 Å². The summed E-state index contributed by atoms with van der Waals surface area (Å²) in [6.07, 6.45) is 4.62. The van der Waals surface area contributed by atoms with Crippen molar-refractivity contribution in [3.05, 3.63) is 24.7 Å². The van der Waals surface area contributed by atoms with Crippen LogP contribution in [0, 0.1) is 0 Å². The molecule has 0 unspecified atom stereocenters. The predicted molar refractivity (Wildman–Crippen MR) is 67.1 cm³/mol. The first kappa shape index (κ1) is 10.7. The zero-order chi connectivity index (χ0) is 12.7. The largest absolute Gasteiger partial charge is 0.387 e. The van der Waals surface area contributed by atoms with Crippen LogP contribution in [0.25, 0.3) is 16.9 Å². The lowest BCUT2D eigenvalue weighted by Crippen LogP contribution is -2.12. The quantitative estimate of drug-likeness (QED) is 0.624. The van der Waals surface area contributed by atoms with E-state index in [0.717, 1.165) is 5.39 Å². The number of nitrogens with zero attached hydrogens (tertiary/aromatic N) is 7. The Morgan fingerprint density at radius 3 is 2.89 bits per heavy atom. The number of hydrogen-bond donors (Lipinski definition) is 1. The van der Waals surface area contributed by atoms with Gasteiger partial charge in [-0.2, -0.15) is 5.10 Å². The summed E-state index contributed by atoms with van der Waals surface area (Å²) in [5, 5.41) is 9.05. The lowest BCUT2D eigenvalue weighted by molar-refractivity contribution is 0.784. The molecule has 0 aliphatic rings. The van der Waals surface area contributed by atoms with E-state index in [4.69, 9.17) is 18.0 Å². The molecule has 0 saturated carbocycles. The zero-order valence-electron chi connectivity index (χ0n) is 9.35. The van der Waals surface area contributed by atoms with Gasteiger partial charge in [-0.05, 0) is 0 Å². The first-order valence-electron chi connectivity index (χ1n) is 5.01. The highest BCUT2D eigenvalue weighted by Crippen LogP contribution is 2.16. The average Bonchev–Trinajstić information content (AvgIpc) is 2.97. The standard InChI is InChI=1S/C9H8N8S/c1-16-8-5(2-14-16)9(12-3-11-8)17-4-13-7(15-17)6(10)18/h2-4H,1H3,(H2,10,18). The fourth-order valence-corrected chi connectivity index (χ4v) is 1.70. The number of fused-ring (bicyclic) bond motifs is 1. The molecule has 0 spiro atoms. The van der Waals surface area contributed by atoms with E-state index >= 15 is 0 Å². The van der Waals surface area contributed by atoms with Gasteiger partial charge in [0, 0.05) is 7.05 Å². The minimum absolute atomic E-state index is 0.144. The molecule has 90 valence electrons. The van der Waals surface area contributed by atoms with Crippen molar-refractivity contribution in [1.82, 2.24) is 34.5 Å². The normalized spacial score (nSPS) is 10.9. The molecule has 8 nitrogen and oxygen atoms in total. The monoisotopic (exact) mass is 260 g/mol. The van der Waals surface area contributed by atoms with Crippen LogP contribution >= 0.6 is 12.2 Å². The van der Waals surface area contributed by atoms with Gasteiger partial charge >= 0.3 is 0 Å². The van der Waals surface area contributed by atoms with E-state index in [9.17, 15) is 0 Å². The third-order valence-electron chi connectivity index (χ3n) is 2.44. The summed E-state index contributed by atoms with van der Waals surface area (Å²) < 4.78 is 3.16. The van der Waals surface area contributed by atoms with Gasteiger partial charge in [0.1, 0.15) is 17.6 Å². The number of rotatable bonds is 2. The van der Waals surface area contributed by atoms with Gasteiger partial charge in [-0.1, -0.05) is 12.2 Å². The summed E-state index contributed by atoms with van der Waals surface area (Å²) >= 11 is 4.82. The van der Waals surface area contributed by atoms with Gasteiger partial charge in [-0.25, -0.2) is 19.6 Å². The molecular formula is C9H8N8S. The molecule has 0 amide bonds. The van der Waals surface area contributed by atoms with E-state index in [2.05, 4.69) is 25.1 Å². The van der Waals surface area contributed by atoms with E-state index in [1.165, 1.54) is 17.3 Å². The van der Waals surface area contributed by atoms with E-state index in [1.807, 2.05) is 0 Å². The van der Waals surface area contributed by atoms with Gasteiger partial charge in [0.05, 0.1) is 11.6 Å². The SMILES string of the molecule is Cn1ncc2c(-n3cnc(C(N)=S)n3)ncnc21. The Balaban J connectivity index is 2.21. The molecule has 2 N–H and O–H groups in total. The van der Waals surface area contributed by atoms with Crippen molar-refractivity contribution in [3.8, 4) is 5.82 Å². The van der Waals surface area contributed by atoms with Crippen LogP contribution in [-0.2, 0) is 7.05 Å². The molecule has 3 rings (SSSR count). The Kier molecular flexibility index (Phi) is 2.27. The van der Waals surface area contributed by atoms with Crippen LogP contribution in [0.5, 0.6) is 0 Å². The van der Waals surface area contributed by atoms with Crippen LogP contribution in [0.3, 0.4) is 0 Å². The van der Waals surface area contributed by atoms with Crippen LogP contribution in [-0.4, -0.2) is 39.5 Å². The molecule has 0 fully saturated rings. The van der Waals surface area contributed by atoms with Gasteiger partial charge in [0.15, 0.2) is 11.5 Å². The third-order valence-corrected chi connectivity index (χ3v) is 2.62. The molecule has 3 aromatic heterocycles. The molecule has 0 radical (unpaired) electrons. The van der Waals surface area contributed by atoms with Crippen molar-refractivity contribution in [3.63, 3.8) is 0 Å². The number of aryl methyl sites for hydroxylation is 1. The highest BCUT2D eigenvalue weighted by molar-refractivity contribution is 7.80. The number of nitrogens with two attached hydrogens (primary N) is 1. The summed E-state index contributed by atoms with van der Waals surface area (Å²) in [5.41, 5.74) is 6.18. The summed E-state index contributed by atoms with van der Waals surface area (Å²) in [7, 11) is 1.81. The maximum Gasteiger partial charge on any atom is 0.208 e. The molecule has 18 heavy (non-hydrogen) atoms. The summed E-state index contributed by atoms with van der Waals surface area (Å²) in [6.45, 7) is 0. The number of thiocarbonyl (C=S) groups is 1. The second-order valence-corrected chi connectivity index (χ2v) is 4.02. The van der Waals surface area contributed by atoms with Crippen molar-refractivity contribution < 1.29 is 0 Å². The first-order valence-corrected chi connectivity index (χ1v) is 5.42. The lowest BCUT2D eigenvalue weighted by Gasteiger charge is -2.00. The van der Waals surface area contributed by atoms with Crippen molar-refractivity contribution in [2.75, 3.05) is 0 Å². The van der Waals surface area contributed by atoms with E-state index in [0.29, 0.717) is 17.3 Å². The van der Waals surface area contributed by atoms with Gasteiger partial charge in [-0.3, -0.25) is 4.68 Å². The summed E-state index contributed by atoms with van der Waals surface area (Å²) in [5.74, 6) is 0.892. The molecule has 0 aliphatic carbocycles.